The molecule has 2 aromatic rings. The first kappa shape index (κ1) is 19.3. The average Bonchev–Trinajstić information content (AvgIpc) is 3.10. The number of nitrogens with zero attached hydrogens (tertiary/aromatic N) is 2. The molecule has 1 N–H and O–H groups in total. The number of carbonyl (C=O) groups excluding carboxylic acids is 2. The molecule has 1 heterocycles. The first-order valence-corrected chi connectivity index (χ1v) is 8.95. The average molecular weight is 383 g/mol. The summed E-state index contributed by atoms with van der Waals surface area (Å²) in [5.41, 5.74) is 2.14. The molecule has 0 bridgehead atoms. The number of nitro benzene ring substituents is 1. The van der Waals surface area contributed by atoms with Gasteiger partial charge in [-0.1, -0.05) is 19.1 Å². The van der Waals surface area contributed by atoms with Crippen molar-refractivity contribution >= 4 is 28.9 Å². The molecular formula is C20H21N3O5. The molecule has 2 amide bonds. The molecule has 1 saturated heterocycles. The van der Waals surface area contributed by atoms with Gasteiger partial charge in [0.25, 0.3) is 5.69 Å². The fourth-order valence-corrected chi connectivity index (χ4v) is 3.18. The lowest BCUT2D eigenvalue weighted by Gasteiger charge is -2.17. The van der Waals surface area contributed by atoms with E-state index in [2.05, 4.69) is 12.2 Å². The molecule has 0 spiro atoms. The number of benzene rings is 2. The van der Waals surface area contributed by atoms with Gasteiger partial charge in [0, 0.05) is 24.7 Å². The van der Waals surface area contributed by atoms with Gasteiger partial charge >= 0.3 is 0 Å². The third kappa shape index (κ3) is 3.95. The minimum atomic E-state index is -0.536. The Balaban J connectivity index is 1.71. The quantitative estimate of drug-likeness (QED) is 0.610. The standard InChI is InChI=1S/C20H21N3O5/c1-3-13-4-6-15(7-5-13)22-12-14(10-19(22)24)20(25)21-17-9-8-16(23(26)27)11-18(17)28-2/h4-9,11,14H,3,10,12H2,1-2H3,(H,21,25)/t14-/m1/s1. The Bertz CT molecular complexity index is 911. The number of nitro groups is 1. The molecule has 0 radical (unpaired) electrons. The van der Waals surface area contributed by atoms with Crippen molar-refractivity contribution < 1.29 is 19.2 Å². The highest BCUT2D eigenvalue weighted by atomic mass is 16.6. The molecule has 2 aromatic carbocycles. The minimum absolute atomic E-state index is 0.108. The first-order valence-electron chi connectivity index (χ1n) is 8.95. The number of amides is 2. The molecule has 1 aliphatic rings. The van der Waals surface area contributed by atoms with Crippen molar-refractivity contribution in [3.8, 4) is 5.75 Å². The lowest BCUT2D eigenvalue weighted by atomic mass is 10.1. The fourth-order valence-electron chi connectivity index (χ4n) is 3.18. The second-order valence-electron chi connectivity index (χ2n) is 6.56. The van der Waals surface area contributed by atoms with E-state index in [1.54, 1.807) is 4.90 Å². The smallest absolute Gasteiger partial charge is 0.273 e. The molecular weight excluding hydrogens is 362 g/mol. The van der Waals surface area contributed by atoms with Crippen molar-refractivity contribution in [2.24, 2.45) is 5.92 Å². The van der Waals surface area contributed by atoms with Gasteiger partial charge in [0.2, 0.25) is 11.8 Å². The highest BCUT2D eigenvalue weighted by molar-refractivity contribution is 6.04. The maximum absolute atomic E-state index is 12.6. The van der Waals surface area contributed by atoms with Crippen molar-refractivity contribution in [1.29, 1.82) is 0 Å². The molecule has 146 valence electrons. The van der Waals surface area contributed by atoms with Crippen LogP contribution in [0.4, 0.5) is 17.1 Å². The number of anilines is 2. The molecule has 0 unspecified atom stereocenters. The van der Waals surface area contributed by atoms with E-state index in [-0.39, 0.29) is 36.2 Å². The zero-order valence-corrected chi connectivity index (χ0v) is 15.7. The Morgan fingerprint density at radius 1 is 1.29 bits per heavy atom. The Labute approximate surface area is 162 Å². The van der Waals surface area contributed by atoms with Gasteiger partial charge < -0.3 is 15.0 Å². The van der Waals surface area contributed by atoms with Gasteiger partial charge in [-0.15, -0.1) is 0 Å². The third-order valence-corrected chi connectivity index (χ3v) is 4.81. The summed E-state index contributed by atoms with van der Waals surface area (Å²) in [6.45, 7) is 2.34. The summed E-state index contributed by atoms with van der Waals surface area (Å²) in [6, 6.07) is 11.7. The third-order valence-electron chi connectivity index (χ3n) is 4.81. The van der Waals surface area contributed by atoms with E-state index < -0.39 is 10.8 Å². The second-order valence-corrected chi connectivity index (χ2v) is 6.56. The number of hydrogen-bond donors (Lipinski definition) is 1. The van der Waals surface area contributed by atoms with Crippen molar-refractivity contribution in [2.75, 3.05) is 23.9 Å². The first-order chi connectivity index (χ1) is 13.4. The predicted octanol–water partition coefficient (Wildman–Crippen LogP) is 3.16. The summed E-state index contributed by atoms with van der Waals surface area (Å²) in [7, 11) is 1.37. The highest BCUT2D eigenvalue weighted by Crippen LogP contribution is 2.31. The Hall–Kier alpha value is -3.42. The molecule has 1 aliphatic heterocycles. The summed E-state index contributed by atoms with van der Waals surface area (Å²) >= 11 is 0. The van der Waals surface area contributed by atoms with E-state index in [4.69, 9.17) is 4.74 Å². The lowest BCUT2D eigenvalue weighted by molar-refractivity contribution is -0.384. The van der Waals surface area contributed by atoms with Gasteiger partial charge in [0.05, 0.1) is 29.7 Å². The number of methoxy groups -OCH3 is 1. The number of ether oxygens (including phenoxy) is 1. The number of hydrogen-bond acceptors (Lipinski definition) is 5. The minimum Gasteiger partial charge on any atom is -0.494 e. The Morgan fingerprint density at radius 3 is 2.61 bits per heavy atom. The van der Waals surface area contributed by atoms with Crippen molar-refractivity contribution in [3.63, 3.8) is 0 Å². The van der Waals surface area contributed by atoms with Crippen LogP contribution in [0.3, 0.4) is 0 Å². The van der Waals surface area contributed by atoms with E-state index in [0.717, 1.165) is 12.1 Å². The van der Waals surface area contributed by atoms with Crippen LogP contribution >= 0.6 is 0 Å². The highest BCUT2D eigenvalue weighted by Gasteiger charge is 2.35. The van der Waals surface area contributed by atoms with Gasteiger partial charge in [-0.05, 0) is 30.2 Å². The number of rotatable bonds is 6. The topological polar surface area (TPSA) is 102 Å². The van der Waals surface area contributed by atoms with Crippen LogP contribution in [0.25, 0.3) is 0 Å². The van der Waals surface area contributed by atoms with Crippen LogP contribution in [-0.2, 0) is 16.0 Å². The van der Waals surface area contributed by atoms with E-state index in [1.165, 1.54) is 30.9 Å². The van der Waals surface area contributed by atoms with Crippen LogP contribution in [0, 0.1) is 16.0 Å². The lowest BCUT2D eigenvalue weighted by Crippen LogP contribution is -2.28. The van der Waals surface area contributed by atoms with Gasteiger partial charge in [0.1, 0.15) is 5.75 Å². The van der Waals surface area contributed by atoms with Gasteiger partial charge in [-0.3, -0.25) is 19.7 Å². The molecule has 1 atom stereocenters. The molecule has 8 heteroatoms. The largest absolute Gasteiger partial charge is 0.494 e. The van der Waals surface area contributed by atoms with E-state index in [1.807, 2.05) is 24.3 Å². The van der Waals surface area contributed by atoms with Crippen LogP contribution in [0.5, 0.6) is 5.75 Å². The number of aryl methyl sites for hydroxylation is 1. The zero-order chi connectivity index (χ0) is 20.3. The molecule has 3 rings (SSSR count). The second kappa shape index (κ2) is 8.08. The van der Waals surface area contributed by atoms with Crippen molar-refractivity contribution in [1.82, 2.24) is 0 Å². The normalized spacial score (nSPS) is 16.1. The molecule has 28 heavy (non-hydrogen) atoms. The van der Waals surface area contributed by atoms with E-state index >= 15 is 0 Å². The summed E-state index contributed by atoms with van der Waals surface area (Å²) < 4.78 is 5.14. The van der Waals surface area contributed by atoms with Gasteiger partial charge in [-0.2, -0.15) is 0 Å². The predicted molar refractivity (Wildman–Crippen MR) is 105 cm³/mol. The van der Waals surface area contributed by atoms with E-state index in [0.29, 0.717) is 5.69 Å². The van der Waals surface area contributed by atoms with Gasteiger partial charge in [-0.25, -0.2) is 0 Å². The molecule has 0 aromatic heterocycles. The van der Waals surface area contributed by atoms with Crippen molar-refractivity contribution in [3.05, 3.63) is 58.1 Å². The van der Waals surface area contributed by atoms with E-state index in [9.17, 15) is 19.7 Å². The van der Waals surface area contributed by atoms with Crippen LogP contribution in [0.1, 0.15) is 18.9 Å². The summed E-state index contributed by atoms with van der Waals surface area (Å²) in [5, 5.41) is 13.6. The summed E-state index contributed by atoms with van der Waals surface area (Å²) in [4.78, 5) is 37.0. The maximum atomic E-state index is 12.6. The van der Waals surface area contributed by atoms with Gasteiger partial charge in [0.15, 0.2) is 0 Å². The molecule has 0 saturated carbocycles. The number of non-ortho nitro benzene ring substituents is 1. The summed E-state index contributed by atoms with van der Waals surface area (Å²) in [6.07, 6.45) is 1.02. The number of carbonyl (C=O) groups is 2. The fraction of sp³-hybridized carbons (Fsp3) is 0.300. The summed E-state index contributed by atoms with van der Waals surface area (Å²) in [5.74, 6) is -0.759. The SMILES string of the molecule is CCc1ccc(N2C[C@H](C(=O)Nc3ccc([N+](=O)[O-])cc3OC)CC2=O)cc1. The molecule has 1 fully saturated rings. The number of nitrogens with one attached hydrogen (secondary N) is 1. The Morgan fingerprint density at radius 2 is 2.00 bits per heavy atom. The van der Waals surface area contributed by atoms with Crippen LogP contribution < -0.4 is 15.0 Å². The Kier molecular flexibility index (Phi) is 5.58. The van der Waals surface area contributed by atoms with Crippen LogP contribution in [0.15, 0.2) is 42.5 Å². The maximum Gasteiger partial charge on any atom is 0.273 e. The molecule has 0 aliphatic carbocycles. The van der Waals surface area contributed by atoms with Crippen LogP contribution in [-0.4, -0.2) is 30.4 Å². The van der Waals surface area contributed by atoms with Crippen molar-refractivity contribution in [2.45, 2.75) is 19.8 Å². The van der Waals surface area contributed by atoms with Crippen LogP contribution in [0.2, 0.25) is 0 Å². The zero-order valence-electron chi connectivity index (χ0n) is 15.7. The monoisotopic (exact) mass is 383 g/mol. The molecule has 8 nitrogen and oxygen atoms in total.